The fourth-order valence-corrected chi connectivity index (χ4v) is 1.25. The number of hydrogen-bond acceptors (Lipinski definition) is 6. The average molecular weight is 266 g/mol. The van der Waals surface area contributed by atoms with Crippen LogP contribution in [-0.4, -0.2) is 12.2 Å². The molecule has 0 unspecified atom stereocenters. The van der Waals surface area contributed by atoms with Gasteiger partial charge in [-0.05, 0) is 13.8 Å². The Morgan fingerprint density at radius 3 is 1.89 bits per heavy atom. The second-order valence-corrected chi connectivity index (χ2v) is 3.56. The molecular weight excluding hydrogens is 252 g/mol. The van der Waals surface area contributed by atoms with Gasteiger partial charge in [0.15, 0.2) is 0 Å². The van der Waals surface area contributed by atoms with Gasteiger partial charge in [0, 0.05) is 12.1 Å². The van der Waals surface area contributed by atoms with E-state index >= 15 is 0 Å². The maximum atomic E-state index is 10.9. The lowest BCUT2D eigenvalue weighted by Gasteiger charge is -1.98. The van der Waals surface area contributed by atoms with Crippen LogP contribution in [0, 0.1) is 13.8 Å². The Morgan fingerprint density at radius 1 is 1.00 bits per heavy atom. The lowest BCUT2D eigenvalue weighted by Crippen LogP contribution is -2.04. The van der Waals surface area contributed by atoms with Gasteiger partial charge >= 0.3 is 0 Å². The molecule has 0 fully saturated rings. The number of ether oxygens (including phenoxy) is 1. The first kappa shape index (κ1) is 14.6. The first-order chi connectivity index (χ1) is 8.97. The predicted molar refractivity (Wildman–Crippen MR) is 67.6 cm³/mol. The van der Waals surface area contributed by atoms with Gasteiger partial charge in [0.2, 0.25) is 22.4 Å². The fourth-order valence-electron chi connectivity index (χ4n) is 1.25. The van der Waals surface area contributed by atoms with Gasteiger partial charge in [0.05, 0.1) is 19.6 Å². The van der Waals surface area contributed by atoms with Crippen molar-refractivity contribution in [1.82, 2.24) is 0 Å². The van der Waals surface area contributed by atoms with E-state index in [1.54, 1.807) is 6.92 Å². The average Bonchev–Trinajstić information content (AvgIpc) is 2.37. The Hall–Kier alpha value is -2.50. The SMILES string of the molecule is COc1c(C)occc1=O.Cc1occc(=O)c1O. The van der Waals surface area contributed by atoms with Crippen molar-refractivity contribution in [3.05, 3.63) is 56.6 Å². The van der Waals surface area contributed by atoms with E-state index in [1.165, 1.54) is 38.7 Å². The number of aromatic hydroxyl groups is 1. The van der Waals surface area contributed by atoms with Crippen molar-refractivity contribution < 1.29 is 18.7 Å². The van der Waals surface area contributed by atoms with E-state index in [1.807, 2.05) is 0 Å². The summed E-state index contributed by atoms with van der Waals surface area (Å²) in [6.07, 6.45) is 2.59. The molecule has 2 heterocycles. The normalized spacial score (nSPS) is 9.42. The molecule has 6 heteroatoms. The zero-order valence-corrected chi connectivity index (χ0v) is 10.8. The highest BCUT2D eigenvalue weighted by Gasteiger charge is 2.02. The molecule has 0 saturated heterocycles. The number of rotatable bonds is 1. The van der Waals surface area contributed by atoms with Crippen LogP contribution in [0.2, 0.25) is 0 Å². The van der Waals surface area contributed by atoms with Crippen LogP contribution in [0.25, 0.3) is 0 Å². The molecule has 19 heavy (non-hydrogen) atoms. The van der Waals surface area contributed by atoms with Crippen molar-refractivity contribution in [3.63, 3.8) is 0 Å². The standard InChI is InChI=1S/C7H8O3.C6H6O3/c1-5-7(9-2)6(8)3-4-10-5;1-4-6(8)5(7)2-3-9-4/h3-4H,1-2H3;2-3,8H,1H3. The summed E-state index contributed by atoms with van der Waals surface area (Å²) in [5.74, 6) is 0.734. The molecule has 0 aromatic carbocycles. The lowest BCUT2D eigenvalue weighted by atomic mass is 10.4. The Morgan fingerprint density at radius 2 is 1.53 bits per heavy atom. The molecule has 0 atom stereocenters. The van der Waals surface area contributed by atoms with Gasteiger partial charge < -0.3 is 18.7 Å². The largest absolute Gasteiger partial charge is 0.502 e. The molecular formula is C13H14O6. The summed E-state index contributed by atoms with van der Waals surface area (Å²) in [6, 6.07) is 2.49. The molecule has 6 nitrogen and oxygen atoms in total. The molecule has 1 N–H and O–H groups in total. The van der Waals surface area contributed by atoms with E-state index in [4.69, 9.17) is 14.3 Å². The minimum atomic E-state index is -0.404. The molecule has 2 aromatic heterocycles. The lowest BCUT2D eigenvalue weighted by molar-refractivity contribution is 0.375. The summed E-state index contributed by atoms with van der Waals surface area (Å²) in [7, 11) is 1.44. The first-order valence-corrected chi connectivity index (χ1v) is 5.37. The summed E-state index contributed by atoms with van der Waals surface area (Å²) in [4.78, 5) is 21.4. The molecule has 0 bridgehead atoms. The molecule has 0 saturated carbocycles. The number of methoxy groups -OCH3 is 1. The van der Waals surface area contributed by atoms with Gasteiger partial charge in [-0.1, -0.05) is 0 Å². The molecule has 0 aliphatic carbocycles. The van der Waals surface area contributed by atoms with E-state index < -0.39 is 5.43 Å². The van der Waals surface area contributed by atoms with E-state index in [9.17, 15) is 9.59 Å². The van der Waals surface area contributed by atoms with Crippen molar-refractivity contribution >= 4 is 0 Å². The zero-order chi connectivity index (χ0) is 14.4. The van der Waals surface area contributed by atoms with Crippen LogP contribution in [0.15, 0.2) is 43.1 Å². The topological polar surface area (TPSA) is 89.9 Å². The summed E-state index contributed by atoms with van der Waals surface area (Å²) in [6.45, 7) is 3.21. The molecule has 0 spiro atoms. The van der Waals surface area contributed by atoms with Gasteiger partial charge in [-0.2, -0.15) is 0 Å². The molecule has 102 valence electrons. The highest BCUT2D eigenvalue weighted by atomic mass is 16.5. The number of hydrogen-bond donors (Lipinski definition) is 1. The van der Waals surface area contributed by atoms with Gasteiger partial charge in [0.25, 0.3) is 0 Å². The maximum absolute atomic E-state index is 10.9. The molecule has 2 rings (SSSR count). The van der Waals surface area contributed by atoms with Gasteiger partial charge in [-0.15, -0.1) is 0 Å². The molecule has 0 radical (unpaired) electrons. The van der Waals surface area contributed by atoms with E-state index in [2.05, 4.69) is 4.42 Å². The summed E-state index contributed by atoms with van der Waals surface area (Å²) >= 11 is 0. The van der Waals surface area contributed by atoms with Crippen LogP contribution in [0.3, 0.4) is 0 Å². The van der Waals surface area contributed by atoms with Crippen LogP contribution >= 0.6 is 0 Å². The van der Waals surface area contributed by atoms with Crippen LogP contribution in [-0.2, 0) is 0 Å². The van der Waals surface area contributed by atoms with Crippen LogP contribution < -0.4 is 15.6 Å². The van der Waals surface area contributed by atoms with Crippen LogP contribution in [0.4, 0.5) is 0 Å². The highest BCUT2D eigenvalue weighted by Crippen LogP contribution is 2.08. The van der Waals surface area contributed by atoms with Crippen molar-refractivity contribution in [1.29, 1.82) is 0 Å². The first-order valence-electron chi connectivity index (χ1n) is 5.37. The van der Waals surface area contributed by atoms with E-state index in [0.717, 1.165) is 0 Å². The predicted octanol–water partition coefficient (Wildman–Crippen LogP) is 1.61. The quantitative estimate of drug-likeness (QED) is 0.843. The molecule has 2 aromatic rings. The Balaban J connectivity index is 0.000000191. The van der Waals surface area contributed by atoms with Crippen LogP contribution in [0.1, 0.15) is 11.5 Å². The van der Waals surface area contributed by atoms with Crippen molar-refractivity contribution in [2.45, 2.75) is 13.8 Å². The fraction of sp³-hybridized carbons (Fsp3) is 0.231. The third-order valence-electron chi connectivity index (χ3n) is 2.24. The molecule has 0 aliphatic rings. The second kappa shape index (κ2) is 6.44. The van der Waals surface area contributed by atoms with Crippen molar-refractivity contribution in [2.75, 3.05) is 7.11 Å². The van der Waals surface area contributed by atoms with Crippen molar-refractivity contribution in [3.8, 4) is 11.5 Å². The van der Waals surface area contributed by atoms with E-state index in [-0.39, 0.29) is 22.7 Å². The Bertz CT molecular complexity index is 653. The third-order valence-corrected chi connectivity index (χ3v) is 2.24. The minimum Gasteiger partial charge on any atom is -0.502 e. The van der Waals surface area contributed by atoms with Crippen molar-refractivity contribution in [2.24, 2.45) is 0 Å². The number of aryl methyl sites for hydroxylation is 2. The zero-order valence-electron chi connectivity index (χ0n) is 10.8. The summed E-state index contributed by atoms with van der Waals surface area (Å²) in [5.41, 5.74) is -0.551. The third kappa shape index (κ3) is 3.74. The van der Waals surface area contributed by atoms with Gasteiger partial charge in [-0.25, -0.2) is 0 Å². The van der Waals surface area contributed by atoms with Crippen LogP contribution in [0.5, 0.6) is 11.5 Å². The molecule has 0 aliphatic heterocycles. The summed E-state index contributed by atoms with van der Waals surface area (Å²) in [5, 5.41) is 8.80. The highest BCUT2D eigenvalue weighted by molar-refractivity contribution is 5.22. The monoisotopic (exact) mass is 266 g/mol. The maximum Gasteiger partial charge on any atom is 0.226 e. The van der Waals surface area contributed by atoms with E-state index in [0.29, 0.717) is 5.76 Å². The second-order valence-electron chi connectivity index (χ2n) is 3.56. The Labute approximate surface area is 108 Å². The van der Waals surface area contributed by atoms with Gasteiger partial charge in [-0.3, -0.25) is 9.59 Å². The smallest absolute Gasteiger partial charge is 0.226 e. The molecule has 0 amide bonds. The minimum absolute atomic E-state index is 0.147. The summed E-state index contributed by atoms with van der Waals surface area (Å²) < 4.78 is 14.4. The Kier molecular flexibility index (Phi) is 4.93. The van der Waals surface area contributed by atoms with Gasteiger partial charge in [0.1, 0.15) is 11.5 Å².